The van der Waals surface area contributed by atoms with Crippen LogP contribution in [0.1, 0.15) is 22.8 Å². The Hall–Kier alpha value is -3.40. The molecule has 1 atom stereocenters. The Labute approximate surface area is 212 Å². The standard InChI is InChI=1S/C26H26IN3O4/c1-18(26(33)30(2)16-19-8-4-3-5-9-19)28-25(32)22-10-6-7-11-23(22)34-17-24(31)29-21-14-12-20(27)13-15-21/h3-15,18H,16-17H2,1-2H3,(H,28,32)(H,29,31). The van der Waals surface area contributed by atoms with Gasteiger partial charge in [0.1, 0.15) is 11.8 Å². The van der Waals surface area contributed by atoms with Crippen LogP contribution in [0.25, 0.3) is 0 Å². The molecule has 176 valence electrons. The number of carbonyl (C=O) groups excluding carboxylic acids is 3. The lowest BCUT2D eigenvalue weighted by molar-refractivity contribution is -0.132. The second-order valence-electron chi connectivity index (χ2n) is 7.71. The molecule has 1 unspecified atom stereocenters. The first-order chi connectivity index (χ1) is 16.3. The Bertz CT molecular complexity index is 1140. The lowest BCUT2D eigenvalue weighted by Gasteiger charge is -2.22. The lowest BCUT2D eigenvalue weighted by atomic mass is 10.1. The van der Waals surface area contributed by atoms with Gasteiger partial charge in [0.2, 0.25) is 5.91 Å². The average Bonchev–Trinajstić information content (AvgIpc) is 2.84. The molecular formula is C26H26IN3O4. The number of para-hydroxylation sites is 1. The van der Waals surface area contributed by atoms with E-state index in [4.69, 9.17) is 4.74 Å². The Morgan fingerprint density at radius 3 is 2.29 bits per heavy atom. The van der Waals surface area contributed by atoms with Crippen molar-refractivity contribution in [2.45, 2.75) is 19.5 Å². The van der Waals surface area contributed by atoms with Gasteiger partial charge in [0, 0.05) is 22.8 Å². The molecule has 7 nitrogen and oxygen atoms in total. The van der Waals surface area contributed by atoms with Crippen LogP contribution >= 0.6 is 22.6 Å². The third kappa shape index (κ3) is 7.31. The van der Waals surface area contributed by atoms with Gasteiger partial charge in [-0.2, -0.15) is 0 Å². The van der Waals surface area contributed by atoms with Crippen LogP contribution < -0.4 is 15.4 Å². The summed E-state index contributed by atoms with van der Waals surface area (Å²) < 4.78 is 6.68. The maximum Gasteiger partial charge on any atom is 0.262 e. The number of anilines is 1. The van der Waals surface area contributed by atoms with E-state index in [1.54, 1.807) is 55.3 Å². The summed E-state index contributed by atoms with van der Waals surface area (Å²) in [4.78, 5) is 39.4. The molecular weight excluding hydrogens is 545 g/mol. The molecule has 3 aromatic rings. The number of nitrogens with one attached hydrogen (secondary N) is 2. The van der Waals surface area contributed by atoms with E-state index < -0.39 is 11.9 Å². The summed E-state index contributed by atoms with van der Waals surface area (Å²) in [5.74, 6) is -0.757. The number of benzene rings is 3. The average molecular weight is 571 g/mol. The van der Waals surface area contributed by atoms with Gasteiger partial charge < -0.3 is 20.3 Å². The molecule has 0 radical (unpaired) electrons. The zero-order chi connectivity index (χ0) is 24.5. The summed E-state index contributed by atoms with van der Waals surface area (Å²) in [5, 5.41) is 5.47. The van der Waals surface area contributed by atoms with Gasteiger partial charge in [-0.3, -0.25) is 14.4 Å². The summed E-state index contributed by atoms with van der Waals surface area (Å²) in [7, 11) is 1.70. The molecule has 0 aliphatic rings. The van der Waals surface area contributed by atoms with Crippen LogP contribution in [-0.2, 0) is 16.1 Å². The fourth-order valence-electron chi connectivity index (χ4n) is 3.26. The number of nitrogens with zero attached hydrogens (tertiary/aromatic N) is 1. The minimum Gasteiger partial charge on any atom is -0.483 e. The van der Waals surface area contributed by atoms with E-state index in [1.165, 1.54) is 0 Å². The van der Waals surface area contributed by atoms with E-state index >= 15 is 0 Å². The topological polar surface area (TPSA) is 87.7 Å². The number of rotatable bonds is 9. The second kappa shape index (κ2) is 12.2. The van der Waals surface area contributed by atoms with Crippen LogP contribution in [0, 0.1) is 3.57 Å². The molecule has 0 saturated heterocycles. The molecule has 0 heterocycles. The van der Waals surface area contributed by atoms with Crippen molar-refractivity contribution in [2.24, 2.45) is 0 Å². The van der Waals surface area contributed by atoms with Crippen molar-refractivity contribution in [1.82, 2.24) is 10.2 Å². The van der Waals surface area contributed by atoms with Gasteiger partial charge in [-0.15, -0.1) is 0 Å². The molecule has 0 aromatic heterocycles. The molecule has 2 N–H and O–H groups in total. The Morgan fingerprint density at radius 1 is 0.941 bits per heavy atom. The summed E-state index contributed by atoms with van der Waals surface area (Å²) in [6, 6.07) is 22.9. The minimum atomic E-state index is -0.738. The molecule has 3 aromatic carbocycles. The van der Waals surface area contributed by atoms with Crippen molar-refractivity contribution in [1.29, 1.82) is 0 Å². The van der Waals surface area contributed by atoms with Crippen LogP contribution in [-0.4, -0.2) is 42.3 Å². The molecule has 0 spiro atoms. The van der Waals surface area contributed by atoms with Gasteiger partial charge in [-0.25, -0.2) is 0 Å². The van der Waals surface area contributed by atoms with Crippen molar-refractivity contribution in [3.63, 3.8) is 0 Å². The zero-order valence-corrected chi connectivity index (χ0v) is 21.1. The monoisotopic (exact) mass is 571 g/mol. The van der Waals surface area contributed by atoms with E-state index in [0.29, 0.717) is 12.2 Å². The predicted octanol–water partition coefficient (Wildman–Crippen LogP) is 4.09. The Morgan fingerprint density at radius 2 is 1.59 bits per heavy atom. The molecule has 0 aliphatic carbocycles. The highest BCUT2D eigenvalue weighted by Crippen LogP contribution is 2.18. The molecule has 3 rings (SSSR count). The summed E-state index contributed by atoms with van der Waals surface area (Å²) in [6.45, 7) is 1.82. The van der Waals surface area contributed by atoms with Crippen molar-refractivity contribution < 1.29 is 19.1 Å². The molecule has 0 aliphatic heterocycles. The molecule has 3 amide bonds. The predicted molar refractivity (Wildman–Crippen MR) is 140 cm³/mol. The lowest BCUT2D eigenvalue weighted by Crippen LogP contribution is -2.45. The normalized spacial score (nSPS) is 11.3. The SMILES string of the molecule is CC(NC(=O)c1ccccc1OCC(=O)Nc1ccc(I)cc1)C(=O)N(C)Cc1ccccc1. The van der Waals surface area contributed by atoms with Crippen molar-refractivity contribution in [2.75, 3.05) is 19.0 Å². The second-order valence-corrected chi connectivity index (χ2v) is 8.96. The number of carbonyl (C=O) groups is 3. The first kappa shape index (κ1) is 25.2. The Kier molecular flexibility index (Phi) is 9.03. The van der Waals surface area contributed by atoms with E-state index in [1.807, 2.05) is 42.5 Å². The number of ether oxygens (including phenoxy) is 1. The number of halogens is 1. The fraction of sp³-hybridized carbons (Fsp3) is 0.192. The molecule has 8 heteroatoms. The van der Waals surface area contributed by atoms with Gasteiger partial charge >= 0.3 is 0 Å². The van der Waals surface area contributed by atoms with Crippen molar-refractivity contribution in [3.8, 4) is 5.75 Å². The van der Waals surface area contributed by atoms with E-state index in [-0.39, 0.29) is 29.7 Å². The first-order valence-corrected chi connectivity index (χ1v) is 11.8. The smallest absolute Gasteiger partial charge is 0.262 e. The van der Waals surface area contributed by atoms with Crippen LogP contribution in [0.5, 0.6) is 5.75 Å². The number of likely N-dealkylation sites (N-methyl/N-ethyl adjacent to an activating group) is 1. The maximum absolute atomic E-state index is 12.9. The highest BCUT2D eigenvalue weighted by molar-refractivity contribution is 14.1. The van der Waals surface area contributed by atoms with Crippen LogP contribution in [0.4, 0.5) is 5.69 Å². The summed E-state index contributed by atoms with van der Waals surface area (Å²) >= 11 is 2.19. The van der Waals surface area contributed by atoms with Crippen molar-refractivity contribution >= 4 is 46.0 Å². The minimum absolute atomic E-state index is 0.215. The van der Waals surface area contributed by atoms with Crippen molar-refractivity contribution in [3.05, 3.63) is 93.6 Å². The maximum atomic E-state index is 12.9. The number of hydrogen-bond donors (Lipinski definition) is 2. The van der Waals surface area contributed by atoms with Gasteiger partial charge in [0.15, 0.2) is 6.61 Å². The van der Waals surface area contributed by atoms with Crippen LogP contribution in [0.3, 0.4) is 0 Å². The van der Waals surface area contributed by atoms with Crippen LogP contribution in [0.2, 0.25) is 0 Å². The fourth-order valence-corrected chi connectivity index (χ4v) is 3.62. The molecule has 34 heavy (non-hydrogen) atoms. The quantitative estimate of drug-likeness (QED) is 0.379. The van der Waals surface area contributed by atoms with E-state index in [0.717, 1.165) is 9.13 Å². The van der Waals surface area contributed by atoms with Gasteiger partial charge in [-0.1, -0.05) is 42.5 Å². The highest BCUT2D eigenvalue weighted by atomic mass is 127. The summed E-state index contributed by atoms with van der Waals surface area (Å²) in [6.07, 6.45) is 0. The largest absolute Gasteiger partial charge is 0.483 e. The molecule has 0 fully saturated rings. The van der Waals surface area contributed by atoms with E-state index in [9.17, 15) is 14.4 Å². The number of hydrogen-bond acceptors (Lipinski definition) is 4. The Balaban J connectivity index is 1.57. The van der Waals surface area contributed by atoms with Crippen LogP contribution in [0.15, 0.2) is 78.9 Å². The summed E-state index contributed by atoms with van der Waals surface area (Å²) in [5.41, 5.74) is 1.90. The number of amides is 3. The van der Waals surface area contributed by atoms with Gasteiger partial charge in [0.25, 0.3) is 11.8 Å². The third-order valence-corrected chi connectivity index (χ3v) is 5.69. The zero-order valence-electron chi connectivity index (χ0n) is 19.0. The first-order valence-electron chi connectivity index (χ1n) is 10.7. The third-order valence-electron chi connectivity index (χ3n) is 4.98. The molecule has 0 bridgehead atoms. The van der Waals surface area contributed by atoms with E-state index in [2.05, 4.69) is 33.2 Å². The highest BCUT2D eigenvalue weighted by Gasteiger charge is 2.22. The molecule has 0 saturated carbocycles. The van der Waals surface area contributed by atoms with Gasteiger partial charge in [0.05, 0.1) is 5.56 Å². The van der Waals surface area contributed by atoms with Gasteiger partial charge in [-0.05, 0) is 71.5 Å².